The van der Waals surface area contributed by atoms with Crippen LogP contribution in [0.15, 0.2) is 30.3 Å². The van der Waals surface area contributed by atoms with Gasteiger partial charge in [0.1, 0.15) is 11.5 Å². The number of phenolic OH excluding ortho intramolecular Hbond substituents is 1. The summed E-state index contributed by atoms with van der Waals surface area (Å²) in [7, 11) is 1.65. The largest absolute Gasteiger partial charge is 0.507 e. The molecule has 2 aromatic carbocycles. The number of ether oxygens (including phenoxy) is 1. The first-order valence-corrected chi connectivity index (χ1v) is 7.00. The number of nitrogens with one attached hydrogen (secondary N) is 1. The number of fused-ring (bicyclic) bond motifs is 1. The van der Waals surface area contributed by atoms with Crippen LogP contribution in [0.4, 0.5) is 0 Å². The van der Waals surface area contributed by atoms with Gasteiger partial charge in [-0.1, -0.05) is 24.3 Å². The van der Waals surface area contributed by atoms with E-state index in [0.717, 1.165) is 54.8 Å². The van der Waals surface area contributed by atoms with E-state index in [2.05, 4.69) is 10.2 Å². The molecule has 1 saturated heterocycles. The van der Waals surface area contributed by atoms with E-state index in [1.807, 2.05) is 30.3 Å². The Bertz CT molecular complexity index is 607. The molecular formula is C16H20N2O2. The van der Waals surface area contributed by atoms with Crippen molar-refractivity contribution in [3.63, 3.8) is 0 Å². The molecular weight excluding hydrogens is 252 g/mol. The van der Waals surface area contributed by atoms with Gasteiger partial charge >= 0.3 is 0 Å². The molecule has 0 radical (unpaired) electrons. The van der Waals surface area contributed by atoms with Crippen molar-refractivity contribution in [1.29, 1.82) is 0 Å². The molecule has 3 rings (SSSR count). The van der Waals surface area contributed by atoms with Gasteiger partial charge in [0.2, 0.25) is 0 Å². The molecule has 0 aliphatic carbocycles. The van der Waals surface area contributed by atoms with Gasteiger partial charge in [-0.3, -0.25) is 4.90 Å². The van der Waals surface area contributed by atoms with E-state index in [4.69, 9.17) is 4.74 Å². The molecule has 0 spiro atoms. The molecule has 2 N–H and O–H groups in total. The standard InChI is InChI=1S/C16H20N2O2/c1-20-15-4-2-3-14-13(15)6-5-12(16(14)19)11-18-9-7-17-8-10-18/h2-6,17,19H,7-11H2,1H3. The van der Waals surface area contributed by atoms with Gasteiger partial charge in [0.15, 0.2) is 0 Å². The van der Waals surface area contributed by atoms with Gasteiger partial charge < -0.3 is 15.2 Å². The number of nitrogens with zero attached hydrogens (tertiary/aromatic N) is 1. The zero-order valence-corrected chi connectivity index (χ0v) is 11.7. The van der Waals surface area contributed by atoms with Crippen LogP contribution in [0.25, 0.3) is 10.8 Å². The number of piperazine rings is 1. The molecule has 0 saturated carbocycles. The lowest BCUT2D eigenvalue weighted by atomic mass is 10.0. The summed E-state index contributed by atoms with van der Waals surface area (Å²) in [6.45, 7) is 4.87. The Balaban J connectivity index is 1.94. The highest BCUT2D eigenvalue weighted by Gasteiger charge is 2.14. The maximum Gasteiger partial charge on any atom is 0.128 e. The fourth-order valence-electron chi connectivity index (χ4n) is 2.77. The van der Waals surface area contributed by atoms with Crippen LogP contribution in [0.5, 0.6) is 11.5 Å². The summed E-state index contributed by atoms with van der Waals surface area (Å²) in [6, 6.07) is 9.80. The Hall–Kier alpha value is -1.78. The lowest BCUT2D eigenvalue weighted by molar-refractivity contribution is 0.231. The number of benzene rings is 2. The molecule has 2 aromatic rings. The Morgan fingerprint density at radius 3 is 2.70 bits per heavy atom. The number of methoxy groups -OCH3 is 1. The van der Waals surface area contributed by atoms with Gasteiger partial charge in [-0.15, -0.1) is 0 Å². The average molecular weight is 272 g/mol. The molecule has 106 valence electrons. The summed E-state index contributed by atoms with van der Waals surface area (Å²) in [5.74, 6) is 1.17. The number of hydrogen-bond acceptors (Lipinski definition) is 4. The van der Waals surface area contributed by atoms with E-state index in [1.165, 1.54) is 0 Å². The van der Waals surface area contributed by atoms with Gasteiger partial charge in [-0.2, -0.15) is 0 Å². The third-order valence-corrected chi connectivity index (χ3v) is 3.90. The van der Waals surface area contributed by atoms with Crippen molar-refractivity contribution in [3.05, 3.63) is 35.9 Å². The minimum absolute atomic E-state index is 0.375. The average Bonchev–Trinajstić information content (AvgIpc) is 2.51. The Labute approximate surface area is 119 Å². The van der Waals surface area contributed by atoms with Gasteiger partial charge in [-0.05, 0) is 6.07 Å². The predicted molar refractivity (Wildman–Crippen MR) is 80.3 cm³/mol. The van der Waals surface area contributed by atoms with Crippen LogP contribution in [0, 0.1) is 0 Å². The third-order valence-electron chi connectivity index (χ3n) is 3.90. The molecule has 0 bridgehead atoms. The number of hydrogen-bond donors (Lipinski definition) is 2. The lowest BCUT2D eigenvalue weighted by Crippen LogP contribution is -2.42. The first kappa shape index (κ1) is 13.2. The first-order valence-electron chi connectivity index (χ1n) is 7.00. The maximum atomic E-state index is 10.5. The van der Waals surface area contributed by atoms with Crippen molar-refractivity contribution in [1.82, 2.24) is 10.2 Å². The summed E-state index contributed by atoms with van der Waals surface area (Å²) in [4.78, 5) is 2.36. The molecule has 20 heavy (non-hydrogen) atoms. The fraction of sp³-hybridized carbons (Fsp3) is 0.375. The van der Waals surface area contributed by atoms with Crippen LogP contribution in [-0.2, 0) is 6.54 Å². The highest BCUT2D eigenvalue weighted by Crippen LogP contribution is 2.34. The van der Waals surface area contributed by atoms with Crippen molar-refractivity contribution in [3.8, 4) is 11.5 Å². The predicted octanol–water partition coefficient (Wildman–Crippen LogP) is 1.96. The quantitative estimate of drug-likeness (QED) is 0.896. The van der Waals surface area contributed by atoms with Crippen molar-refractivity contribution in [2.45, 2.75) is 6.54 Å². The summed E-state index contributed by atoms with van der Waals surface area (Å²) >= 11 is 0. The second-order valence-electron chi connectivity index (χ2n) is 5.15. The van der Waals surface area contributed by atoms with E-state index in [9.17, 15) is 5.11 Å². The van der Waals surface area contributed by atoms with Crippen LogP contribution >= 0.6 is 0 Å². The first-order chi connectivity index (χ1) is 9.79. The Morgan fingerprint density at radius 2 is 1.95 bits per heavy atom. The van der Waals surface area contributed by atoms with Gasteiger partial charge in [0, 0.05) is 49.1 Å². The highest BCUT2D eigenvalue weighted by molar-refractivity contribution is 5.93. The molecule has 1 aliphatic heterocycles. The second kappa shape index (κ2) is 5.69. The molecule has 0 atom stereocenters. The van der Waals surface area contributed by atoms with E-state index < -0.39 is 0 Å². The van der Waals surface area contributed by atoms with Crippen LogP contribution in [0.3, 0.4) is 0 Å². The smallest absolute Gasteiger partial charge is 0.128 e. The summed E-state index contributed by atoms with van der Waals surface area (Å²) < 4.78 is 5.34. The van der Waals surface area contributed by atoms with Crippen molar-refractivity contribution in [2.75, 3.05) is 33.3 Å². The topological polar surface area (TPSA) is 44.7 Å². The molecule has 1 heterocycles. The maximum absolute atomic E-state index is 10.5. The summed E-state index contributed by atoms with van der Waals surface area (Å²) in [6.07, 6.45) is 0. The minimum atomic E-state index is 0.375. The minimum Gasteiger partial charge on any atom is -0.507 e. The molecule has 1 fully saturated rings. The van der Waals surface area contributed by atoms with Crippen LogP contribution in [0.1, 0.15) is 5.56 Å². The third kappa shape index (κ3) is 2.44. The van der Waals surface area contributed by atoms with Crippen molar-refractivity contribution >= 4 is 10.8 Å². The molecule has 4 heteroatoms. The Morgan fingerprint density at radius 1 is 1.15 bits per heavy atom. The fourth-order valence-corrected chi connectivity index (χ4v) is 2.77. The van der Waals surface area contributed by atoms with E-state index in [0.29, 0.717) is 5.75 Å². The Kier molecular flexibility index (Phi) is 3.76. The van der Waals surface area contributed by atoms with Gasteiger partial charge in [0.25, 0.3) is 0 Å². The van der Waals surface area contributed by atoms with Crippen LogP contribution in [-0.4, -0.2) is 43.3 Å². The number of rotatable bonds is 3. The summed E-state index contributed by atoms with van der Waals surface area (Å²) in [5, 5.41) is 15.7. The van der Waals surface area contributed by atoms with E-state index in [1.54, 1.807) is 7.11 Å². The zero-order chi connectivity index (χ0) is 13.9. The monoisotopic (exact) mass is 272 g/mol. The van der Waals surface area contributed by atoms with Gasteiger partial charge in [-0.25, -0.2) is 0 Å². The van der Waals surface area contributed by atoms with Crippen LogP contribution in [0.2, 0.25) is 0 Å². The lowest BCUT2D eigenvalue weighted by Gasteiger charge is -2.27. The van der Waals surface area contributed by atoms with Crippen molar-refractivity contribution < 1.29 is 9.84 Å². The molecule has 1 aliphatic rings. The molecule has 0 unspecified atom stereocenters. The van der Waals surface area contributed by atoms with Crippen molar-refractivity contribution in [2.24, 2.45) is 0 Å². The second-order valence-corrected chi connectivity index (χ2v) is 5.15. The molecule has 0 aromatic heterocycles. The molecule has 4 nitrogen and oxygen atoms in total. The SMILES string of the molecule is COc1cccc2c(O)c(CN3CCNCC3)ccc12. The summed E-state index contributed by atoms with van der Waals surface area (Å²) in [5.41, 5.74) is 0.979. The van der Waals surface area contributed by atoms with E-state index in [-0.39, 0.29) is 0 Å². The normalized spacial score (nSPS) is 16.4. The van der Waals surface area contributed by atoms with Crippen LogP contribution < -0.4 is 10.1 Å². The zero-order valence-electron chi connectivity index (χ0n) is 11.7. The highest BCUT2D eigenvalue weighted by atomic mass is 16.5. The number of aromatic hydroxyl groups is 1. The van der Waals surface area contributed by atoms with E-state index >= 15 is 0 Å². The molecule has 0 amide bonds. The van der Waals surface area contributed by atoms with Gasteiger partial charge in [0.05, 0.1) is 7.11 Å². The number of phenols is 1.